The number of furan rings is 1. The van der Waals surface area contributed by atoms with Gasteiger partial charge in [-0.05, 0) is 62.6 Å². The van der Waals surface area contributed by atoms with Crippen molar-refractivity contribution in [2.24, 2.45) is 5.41 Å². The van der Waals surface area contributed by atoms with Crippen molar-refractivity contribution in [3.05, 3.63) is 53.7 Å². The summed E-state index contributed by atoms with van der Waals surface area (Å²) in [5.41, 5.74) is 0.950. The molecule has 2 aliphatic rings. The Labute approximate surface area is 148 Å². The third kappa shape index (κ3) is 3.33. The molecule has 4 heterocycles. The van der Waals surface area contributed by atoms with Gasteiger partial charge in [0.25, 0.3) is 0 Å². The van der Waals surface area contributed by atoms with E-state index in [1.807, 2.05) is 36.1 Å². The molecule has 2 fully saturated rings. The fourth-order valence-electron chi connectivity index (χ4n) is 4.28. The second-order valence-electron chi connectivity index (χ2n) is 7.44. The number of aryl methyl sites for hydroxylation is 1. The number of carbonyl (C=O) groups is 1. The number of hydrogen-bond acceptors (Lipinski definition) is 4. The molecule has 1 spiro atoms. The van der Waals surface area contributed by atoms with Crippen LogP contribution >= 0.6 is 0 Å². The van der Waals surface area contributed by atoms with E-state index in [9.17, 15) is 4.79 Å². The van der Waals surface area contributed by atoms with Crippen molar-refractivity contribution in [2.45, 2.75) is 39.3 Å². The highest BCUT2D eigenvalue weighted by molar-refractivity contribution is 5.85. The maximum Gasteiger partial charge on any atom is 0.230 e. The minimum Gasteiger partial charge on any atom is -0.465 e. The number of aromatic nitrogens is 1. The Morgan fingerprint density at radius 3 is 2.72 bits per heavy atom. The van der Waals surface area contributed by atoms with Crippen molar-refractivity contribution in [3.8, 4) is 0 Å². The van der Waals surface area contributed by atoms with Crippen LogP contribution in [0.5, 0.6) is 0 Å². The summed E-state index contributed by atoms with van der Waals surface area (Å²) in [5.74, 6) is 2.26. The fourth-order valence-corrected chi connectivity index (χ4v) is 4.28. The van der Waals surface area contributed by atoms with Gasteiger partial charge < -0.3 is 9.32 Å². The van der Waals surface area contributed by atoms with Crippen molar-refractivity contribution in [3.63, 3.8) is 0 Å². The Bertz CT molecular complexity index is 742. The molecule has 2 aromatic rings. The fraction of sp³-hybridized carbons (Fsp3) is 0.500. The molecule has 4 rings (SSSR count). The zero-order valence-electron chi connectivity index (χ0n) is 14.8. The lowest BCUT2D eigenvalue weighted by atomic mass is 9.78. The van der Waals surface area contributed by atoms with Crippen molar-refractivity contribution in [1.82, 2.24) is 14.8 Å². The lowest BCUT2D eigenvalue weighted by Crippen LogP contribution is -2.47. The Kier molecular flexibility index (Phi) is 4.34. The molecule has 2 aromatic heterocycles. The van der Waals surface area contributed by atoms with Crippen LogP contribution in [0.25, 0.3) is 0 Å². The molecule has 0 radical (unpaired) electrons. The summed E-state index contributed by atoms with van der Waals surface area (Å²) in [7, 11) is 0. The van der Waals surface area contributed by atoms with Crippen LogP contribution < -0.4 is 0 Å². The van der Waals surface area contributed by atoms with Gasteiger partial charge in [0, 0.05) is 32.0 Å². The number of nitrogens with zero attached hydrogens (tertiary/aromatic N) is 3. The molecule has 25 heavy (non-hydrogen) atoms. The predicted octanol–water partition coefficient (Wildman–Crippen LogP) is 3.00. The van der Waals surface area contributed by atoms with Gasteiger partial charge in [0.2, 0.25) is 5.91 Å². The molecule has 1 atom stereocenters. The summed E-state index contributed by atoms with van der Waals surface area (Å²) in [5, 5.41) is 0. The molecule has 1 amide bonds. The van der Waals surface area contributed by atoms with Crippen LogP contribution in [0.15, 0.2) is 41.1 Å². The van der Waals surface area contributed by atoms with E-state index in [0.29, 0.717) is 12.5 Å². The maximum absolute atomic E-state index is 13.1. The highest BCUT2D eigenvalue weighted by Crippen LogP contribution is 2.41. The lowest BCUT2D eigenvalue weighted by Gasteiger charge is -2.38. The van der Waals surface area contributed by atoms with Gasteiger partial charge in [-0.1, -0.05) is 0 Å². The molecule has 0 aliphatic carbocycles. The summed E-state index contributed by atoms with van der Waals surface area (Å²) in [6, 6.07) is 8.03. The first-order chi connectivity index (χ1) is 12.1. The predicted molar refractivity (Wildman–Crippen MR) is 94.7 cm³/mol. The zero-order valence-corrected chi connectivity index (χ0v) is 14.8. The maximum atomic E-state index is 13.1. The van der Waals surface area contributed by atoms with Crippen molar-refractivity contribution < 1.29 is 9.21 Å². The van der Waals surface area contributed by atoms with Gasteiger partial charge in [-0.15, -0.1) is 0 Å². The molecular formula is C20H25N3O2. The minimum atomic E-state index is -0.201. The Hall–Kier alpha value is -2.14. The van der Waals surface area contributed by atoms with Crippen molar-refractivity contribution in [1.29, 1.82) is 0 Å². The largest absolute Gasteiger partial charge is 0.465 e. The third-order valence-corrected chi connectivity index (χ3v) is 5.56. The molecule has 5 nitrogen and oxygen atoms in total. The van der Waals surface area contributed by atoms with E-state index < -0.39 is 0 Å². The number of amides is 1. The van der Waals surface area contributed by atoms with Gasteiger partial charge in [-0.2, -0.15) is 0 Å². The molecule has 0 bridgehead atoms. The van der Waals surface area contributed by atoms with Crippen LogP contribution in [0.4, 0.5) is 0 Å². The van der Waals surface area contributed by atoms with E-state index in [-0.39, 0.29) is 5.41 Å². The monoisotopic (exact) mass is 339 g/mol. The molecule has 2 saturated heterocycles. The Balaban J connectivity index is 1.43. The number of rotatable bonds is 4. The number of likely N-dealkylation sites (tertiary alicyclic amines) is 2. The van der Waals surface area contributed by atoms with Crippen molar-refractivity contribution in [2.75, 3.05) is 19.6 Å². The van der Waals surface area contributed by atoms with Crippen LogP contribution in [-0.2, 0) is 17.9 Å². The van der Waals surface area contributed by atoms with E-state index in [0.717, 1.165) is 62.5 Å². The van der Waals surface area contributed by atoms with Crippen LogP contribution in [0.3, 0.4) is 0 Å². The summed E-state index contributed by atoms with van der Waals surface area (Å²) in [6.07, 6.45) is 6.63. The van der Waals surface area contributed by atoms with E-state index in [1.165, 1.54) is 0 Å². The molecule has 0 aromatic carbocycles. The second kappa shape index (κ2) is 6.64. The van der Waals surface area contributed by atoms with Crippen LogP contribution in [-0.4, -0.2) is 40.3 Å². The summed E-state index contributed by atoms with van der Waals surface area (Å²) < 4.78 is 5.72. The van der Waals surface area contributed by atoms with E-state index in [2.05, 4.69) is 9.88 Å². The first-order valence-electron chi connectivity index (χ1n) is 9.11. The van der Waals surface area contributed by atoms with Crippen LogP contribution in [0, 0.1) is 12.3 Å². The SMILES string of the molecule is Cc1ccc(CN2CCCC3(CCN(Cc4ccncc4)C3=O)C2)o1. The van der Waals surface area contributed by atoms with Crippen molar-refractivity contribution >= 4 is 5.91 Å². The second-order valence-corrected chi connectivity index (χ2v) is 7.44. The number of carbonyl (C=O) groups excluding carboxylic acids is 1. The highest BCUT2D eigenvalue weighted by Gasteiger charge is 2.48. The lowest BCUT2D eigenvalue weighted by molar-refractivity contribution is -0.139. The first-order valence-corrected chi connectivity index (χ1v) is 9.11. The zero-order chi connectivity index (χ0) is 17.3. The van der Waals surface area contributed by atoms with Gasteiger partial charge >= 0.3 is 0 Å². The summed E-state index contributed by atoms with van der Waals surface area (Å²) in [4.78, 5) is 21.6. The third-order valence-electron chi connectivity index (χ3n) is 5.56. The molecule has 2 aliphatic heterocycles. The number of pyridine rings is 1. The topological polar surface area (TPSA) is 49.6 Å². The molecular weight excluding hydrogens is 314 g/mol. The number of hydrogen-bond donors (Lipinski definition) is 0. The van der Waals surface area contributed by atoms with Gasteiger partial charge in [0.15, 0.2) is 0 Å². The first kappa shape index (κ1) is 16.3. The molecule has 1 unspecified atom stereocenters. The average Bonchev–Trinajstić information content (AvgIpc) is 3.15. The van der Waals surface area contributed by atoms with Gasteiger partial charge in [0.05, 0.1) is 12.0 Å². The van der Waals surface area contributed by atoms with E-state index in [1.54, 1.807) is 12.4 Å². The average molecular weight is 339 g/mol. The van der Waals surface area contributed by atoms with Crippen LogP contribution in [0.2, 0.25) is 0 Å². The standard InChI is InChI=1S/C20H25N3O2/c1-16-3-4-18(25-16)14-22-11-2-7-20(15-22)8-12-23(19(20)24)13-17-5-9-21-10-6-17/h3-6,9-10H,2,7-8,11-15H2,1H3. The summed E-state index contributed by atoms with van der Waals surface area (Å²) >= 11 is 0. The van der Waals surface area contributed by atoms with Gasteiger partial charge in [-0.3, -0.25) is 14.7 Å². The van der Waals surface area contributed by atoms with Crippen LogP contribution in [0.1, 0.15) is 36.3 Å². The van der Waals surface area contributed by atoms with E-state index >= 15 is 0 Å². The van der Waals surface area contributed by atoms with E-state index in [4.69, 9.17) is 4.42 Å². The van der Waals surface area contributed by atoms with Gasteiger partial charge in [-0.25, -0.2) is 0 Å². The Morgan fingerprint density at radius 2 is 1.96 bits per heavy atom. The van der Waals surface area contributed by atoms with Gasteiger partial charge in [0.1, 0.15) is 11.5 Å². The summed E-state index contributed by atoms with van der Waals surface area (Å²) in [6.45, 7) is 6.21. The smallest absolute Gasteiger partial charge is 0.230 e. The highest BCUT2D eigenvalue weighted by atomic mass is 16.3. The molecule has 132 valence electrons. The quantitative estimate of drug-likeness (QED) is 0.859. The minimum absolute atomic E-state index is 0.201. The number of piperidine rings is 1. The molecule has 5 heteroatoms. The normalized spacial score (nSPS) is 24.4. The molecule has 0 N–H and O–H groups in total. The molecule has 0 saturated carbocycles. The Morgan fingerprint density at radius 1 is 1.12 bits per heavy atom.